The van der Waals surface area contributed by atoms with Crippen LogP contribution in [0.3, 0.4) is 0 Å². The average molecular weight is 366 g/mol. The van der Waals surface area contributed by atoms with Crippen LogP contribution in [0.25, 0.3) is 0 Å². The Bertz CT molecular complexity index is 624. The van der Waals surface area contributed by atoms with E-state index in [9.17, 15) is 21.6 Å². The lowest BCUT2D eigenvalue weighted by Crippen LogP contribution is -2.32. The van der Waals surface area contributed by atoms with Gasteiger partial charge in [0.2, 0.25) is 10.0 Å². The first kappa shape index (κ1) is 19.0. The summed E-state index contributed by atoms with van der Waals surface area (Å²) in [6.07, 6.45) is -0.981. The molecule has 136 valence electrons. The SMILES string of the molecule is NC[C@H]1CC[C@H](CNS(=O)(=O)c2ccc(OC(F)(F)F)cc2)CC1. The van der Waals surface area contributed by atoms with Crippen LogP contribution in [0.5, 0.6) is 5.75 Å². The third-order valence-corrected chi connectivity index (χ3v) is 5.67. The van der Waals surface area contributed by atoms with Gasteiger partial charge in [-0.1, -0.05) is 0 Å². The monoisotopic (exact) mass is 366 g/mol. The number of nitrogens with one attached hydrogen (secondary N) is 1. The van der Waals surface area contributed by atoms with Crippen LogP contribution < -0.4 is 15.2 Å². The van der Waals surface area contributed by atoms with Gasteiger partial charge in [0.15, 0.2) is 0 Å². The molecule has 5 nitrogen and oxygen atoms in total. The molecular formula is C15H21F3N2O3S. The topological polar surface area (TPSA) is 81.4 Å². The first-order valence-electron chi connectivity index (χ1n) is 7.75. The van der Waals surface area contributed by atoms with Gasteiger partial charge in [-0.3, -0.25) is 0 Å². The molecule has 1 aliphatic rings. The number of sulfonamides is 1. The number of nitrogens with two attached hydrogens (primary N) is 1. The van der Waals surface area contributed by atoms with Gasteiger partial charge in [0.05, 0.1) is 4.90 Å². The summed E-state index contributed by atoms with van der Waals surface area (Å²) >= 11 is 0. The fourth-order valence-corrected chi connectivity index (χ4v) is 3.92. The van der Waals surface area contributed by atoms with Crippen LogP contribution in [-0.4, -0.2) is 27.9 Å². The molecule has 1 saturated carbocycles. The first-order valence-corrected chi connectivity index (χ1v) is 9.23. The summed E-state index contributed by atoms with van der Waals surface area (Å²) in [5, 5.41) is 0. The van der Waals surface area contributed by atoms with Crippen LogP contribution in [0.2, 0.25) is 0 Å². The van der Waals surface area contributed by atoms with Crippen LogP contribution in [0.4, 0.5) is 13.2 Å². The number of alkyl halides is 3. The molecule has 0 amide bonds. The highest BCUT2D eigenvalue weighted by atomic mass is 32.2. The van der Waals surface area contributed by atoms with Crippen molar-refractivity contribution in [3.63, 3.8) is 0 Å². The molecule has 0 aliphatic heterocycles. The molecule has 0 heterocycles. The maximum atomic E-state index is 12.2. The Hall–Kier alpha value is -1.32. The van der Waals surface area contributed by atoms with Gasteiger partial charge in [-0.15, -0.1) is 13.2 Å². The number of hydrogen-bond donors (Lipinski definition) is 2. The fraction of sp³-hybridized carbons (Fsp3) is 0.600. The summed E-state index contributed by atoms with van der Waals surface area (Å²) in [6, 6.07) is 4.15. The quantitative estimate of drug-likeness (QED) is 0.811. The maximum Gasteiger partial charge on any atom is 0.573 e. The number of halogens is 3. The second-order valence-electron chi connectivity index (χ2n) is 5.99. The lowest BCUT2D eigenvalue weighted by Gasteiger charge is -2.27. The lowest BCUT2D eigenvalue weighted by atomic mass is 9.82. The Balaban J connectivity index is 1.91. The smallest absolute Gasteiger partial charge is 0.406 e. The van der Waals surface area contributed by atoms with Gasteiger partial charge in [0.1, 0.15) is 5.75 Å². The fourth-order valence-electron chi connectivity index (χ4n) is 2.80. The molecule has 0 radical (unpaired) electrons. The predicted octanol–water partition coefficient (Wildman–Crippen LogP) is 2.63. The van der Waals surface area contributed by atoms with E-state index in [-0.39, 0.29) is 10.8 Å². The molecule has 1 aromatic rings. The largest absolute Gasteiger partial charge is 0.573 e. The Labute approximate surface area is 139 Å². The summed E-state index contributed by atoms with van der Waals surface area (Å²) < 4.78 is 66.9. The molecule has 1 fully saturated rings. The second-order valence-corrected chi connectivity index (χ2v) is 7.76. The van der Waals surface area contributed by atoms with Crippen molar-refractivity contribution >= 4 is 10.0 Å². The minimum Gasteiger partial charge on any atom is -0.406 e. The molecule has 1 aliphatic carbocycles. The lowest BCUT2D eigenvalue weighted by molar-refractivity contribution is -0.274. The number of rotatable bonds is 6. The van der Waals surface area contributed by atoms with Crippen molar-refractivity contribution in [3.8, 4) is 5.75 Å². The number of ether oxygens (including phenoxy) is 1. The molecule has 0 atom stereocenters. The van der Waals surface area contributed by atoms with E-state index in [1.165, 1.54) is 0 Å². The minimum atomic E-state index is -4.80. The van der Waals surface area contributed by atoms with Crippen molar-refractivity contribution < 1.29 is 26.3 Å². The zero-order valence-electron chi connectivity index (χ0n) is 13.1. The van der Waals surface area contributed by atoms with E-state index in [0.717, 1.165) is 49.9 Å². The average Bonchev–Trinajstić information content (AvgIpc) is 2.52. The molecule has 0 bridgehead atoms. The summed E-state index contributed by atoms with van der Waals surface area (Å²) in [5.41, 5.74) is 5.63. The van der Waals surface area contributed by atoms with E-state index >= 15 is 0 Å². The minimum absolute atomic E-state index is 0.0901. The zero-order valence-corrected chi connectivity index (χ0v) is 13.9. The van der Waals surface area contributed by atoms with Crippen molar-refractivity contribution in [3.05, 3.63) is 24.3 Å². The molecule has 9 heteroatoms. The van der Waals surface area contributed by atoms with Gasteiger partial charge >= 0.3 is 6.36 Å². The van der Waals surface area contributed by atoms with E-state index in [0.29, 0.717) is 19.0 Å². The highest BCUT2D eigenvalue weighted by Gasteiger charge is 2.31. The van der Waals surface area contributed by atoms with Crippen molar-refractivity contribution in [1.82, 2.24) is 4.72 Å². The van der Waals surface area contributed by atoms with Crippen LogP contribution in [0, 0.1) is 11.8 Å². The highest BCUT2D eigenvalue weighted by molar-refractivity contribution is 7.89. The van der Waals surface area contributed by atoms with Crippen molar-refractivity contribution in [2.75, 3.05) is 13.1 Å². The second kappa shape index (κ2) is 7.71. The predicted molar refractivity (Wildman–Crippen MR) is 82.8 cm³/mol. The van der Waals surface area contributed by atoms with Gasteiger partial charge in [-0.25, -0.2) is 13.1 Å². The van der Waals surface area contributed by atoms with Crippen LogP contribution >= 0.6 is 0 Å². The molecule has 2 rings (SSSR count). The van der Waals surface area contributed by atoms with Gasteiger partial charge in [0.25, 0.3) is 0 Å². The Morgan fingerprint density at radius 3 is 2.12 bits per heavy atom. The summed E-state index contributed by atoms with van der Waals surface area (Å²) in [5.74, 6) is 0.316. The van der Waals surface area contributed by atoms with E-state index < -0.39 is 22.1 Å². The van der Waals surface area contributed by atoms with Crippen LogP contribution in [0.15, 0.2) is 29.2 Å². The van der Waals surface area contributed by atoms with E-state index in [1.54, 1.807) is 0 Å². The number of hydrogen-bond acceptors (Lipinski definition) is 4. The van der Waals surface area contributed by atoms with Crippen LogP contribution in [0.1, 0.15) is 25.7 Å². The summed E-state index contributed by atoms with van der Waals surface area (Å²) in [7, 11) is -3.75. The molecule has 0 unspecified atom stereocenters. The standard InChI is InChI=1S/C15H21F3N2O3S/c16-15(17,18)23-13-5-7-14(8-6-13)24(21,22)20-10-12-3-1-11(9-19)2-4-12/h5-8,11-12,20H,1-4,9-10,19H2/t11-,12-. The molecule has 24 heavy (non-hydrogen) atoms. The normalized spacial score (nSPS) is 22.3. The molecule has 0 saturated heterocycles. The first-order chi connectivity index (χ1) is 11.2. The zero-order chi connectivity index (χ0) is 17.8. The molecular weight excluding hydrogens is 345 g/mol. The van der Waals surface area contributed by atoms with Gasteiger partial charge in [-0.2, -0.15) is 0 Å². The van der Waals surface area contributed by atoms with Crippen LogP contribution in [-0.2, 0) is 10.0 Å². The van der Waals surface area contributed by atoms with Crippen molar-refractivity contribution in [2.45, 2.75) is 36.9 Å². The molecule has 1 aromatic carbocycles. The van der Waals surface area contributed by atoms with E-state index in [1.807, 2.05) is 0 Å². The van der Waals surface area contributed by atoms with E-state index in [4.69, 9.17) is 5.73 Å². The highest BCUT2D eigenvalue weighted by Crippen LogP contribution is 2.28. The Kier molecular flexibility index (Phi) is 6.11. The third-order valence-electron chi connectivity index (χ3n) is 4.23. The maximum absolute atomic E-state index is 12.2. The van der Waals surface area contributed by atoms with Crippen molar-refractivity contribution in [2.24, 2.45) is 17.6 Å². The molecule has 0 spiro atoms. The Morgan fingerprint density at radius 1 is 1.08 bits per heavy atom. The Morgan fingerprint density at radius 2 is 1.62 bits per heavy atom. The third kappa shape index (κ3) is 5.64. The van der Waals surface area contributed by atoms with Crippen molar-refractivity contribution in [1.29, 1.82) is 0 Å². The summed E-state index contributed by atoms with van der Waals surface area (Å²) in [4.78, 5) is -0.0901. The van der Waals surface area contributed by atoms with Gasteiger partial charge in [-0.05, 0) is 68.3 Å². The molecule has 0 aromatic heterocycles. The number of benzene rings is 1. The molecule has 3 N–H and O–H groups in total. The summed E-state index contributed by atoms with van der Waals surface area (Å²) in [6.45, 7) is 0.977. The van der Waals surface area contributed by atoms with Gasteiger partial charge in [0, 0.05) is 6.54 Å². The van der Waals surface area contributed by atoms with Gasteiger partial charge < -0.3 is 10.5 Å². The van der Waals surface area contributed by atoms with E-state index in [2.05, 4.69) is 9.46 Å².